The molecule has 1 heterocycles. The monoisotopic (exact) mass is 132 g/mol. The third-order valence-electron chi connectivity index (χ3n) is 1.15. The molecule has 8 heavy (non-hydrogen) atoms. The number of carbonyl (C=O) groups excluding carboxylic acids is 1. The smallest absolute Gasteiger partial charge is 0.238 e. The molecule has 0 aromatic carbocycles. The Labute approximate surface area is 52.0 Å². The first-order valence-corrected chi connectivity index (χ1v) is 3.58. The average Bonchev–Trinajstić information content (AvgIpc) is 1.62. The molecule has 1 fully saturated rings. The number of nitrogens with two attached hydrogens (primary N) is 1. The first kappa shape index (κ1) is 5.91. The van der Waals surface area contributed by atoms with Gasteiger partial charge in [0.1, 0.15) is 0 Å². The Bertz CT molecular complexity index is 102. The summed E-state index contributed by atoms with van der Waals surface area (Å²) in [7, 11) is 0. The van der Waals surface area contributed by atoms with Crippen LogP contribution in [-0.4, -0.2) is 17.4 Å². The van der Waals surface area contributed by atoms with Crippen LogP contribution in [0.1, 0.15) is 0 Å². The second kappa shape index (κ2) is 2.37. The maximum atomic E-state index is 10.5. The van der Waals surface area contributed by atoms with E-state index in [1.807, 2.05) is 0 Å². The van der Waals surface area contributed by atoms with Gasteiger partial charge in [-0.05, 0) is 0 Å². The predicted molar refractivity (Wildman–Crippen MR) is 33.1 cm³/mol. The Morgan fingerprint density at radius 3 is 2.50 bits per heavy atom. The molecule has 3 N–H and O–H groups in total. The van der Waals surface area contributed by atoms with E-state index in [1.165, 1.54) is 0 Å². The van der Waals surface area contributed by atoms with Crippen molar-refractivity contribution in [1.29, 1.82) is 0 Å². The van der Waals surface area contributed by atoms with Crippen molar-refractivity contribution in [3.63, 3.8) is 0 Å². The normalized spacial score (nSPS) is 19.6. The molecule has 1 amide bonds. The predicted octanol–water partition coefficient (Wildman–Crippen LogP) is -0.661. The van der Waals surface area contributed by atoms with E-state index in [-0.39, 0.29) is 11.8 Å². The molecule has 3 nitrogen and oxygen atoms in total. The van der Waals surface area contributed by atoms with Crippen LogP contribution in [0.5, 0.6) is 0 Å². The molecule has 0 spiro atoms. The van der Waals surface area contributed by atoms with Crippen molar-refractivity contribution in [2.75, 3.05) is 11.5 Å². The van der Waals surface area contributed by atoms with Crippen molar-refractivity contribution in [2.24, 2.45) is 11.8 Å². The topological polar surface area (TPSA) is 55.1 Å². The summed E-state index contributed by atoms with van der Waals surface area (Å²) in [5, 5.41) is 0. The zero-order valence-corrected chi connectivity index (χ0v) is 5.20. The third kappa shape index (κ3) is 0.952. The van der Waals surface area contributed by atoms with Crippen molar-refractivity contribution in [2.45, 2.75) is 0 Å². The quantitative estimate of drug-likeness (QED) is 0.283. The fourth-order valence-corrected chi connectivity index (χ4v) is 1.28. The van der Waals surface area contributed by atoms with E-state index in [0.717, 1.165) is 11.5 Å². The van der Waals surface area contributed by atoms with Crippen LogP contribution in [0.3, 0.4) is 0 Å². The lowest BCUT2D eigenvalue weighted by Crippen LogP contribution is -2.41. The summed E-state index contributed by atoms with van der Waals surface area (Å²) in [6.45, 7) is 0. The van der Waals surface area contributed by atoms with Crippen LogP contribution in [0.4, 0.5) is 0 Å². The van der Waals surface area contributed by atoms with E-state index in [0.29, 0.717) is 0 Å². The molecule has 1 aliphatic heterocycles. The first-order chi connectivity index (χ1) is 3.84. The molecule has 0 radical (unpaired) electrons. The summed E-state index contributed by atoms with van der Waals surface area (Å²) in [5.41, 5.74) is 2.11. The number of carbonyl (C=O) groups is 1. The van der Waals surface area contributed by atoms with Crippen molar-refractivity contribution in [1.82, 2.24) is 5.43 Å². The van der Waals surface area contributed by atoms with Crippen LogP contribution < -0.4 is 11.3 Å². The van der Waals surface area contributed by atoms with E-state index in [9.17, 15) is 4.79 Å². The molecule has 1 rings (SSSR count). The maximum Gasteiger partial charge on any atom is 0.238 e. The summed E-state index contributed by atoms with van der Waals surface area (Å²) < 4.78 is 0. The largest absolute Gasteiger partial charge is 0.294 e. The van der Waals surface area contributed by atoms with Gasteiger partial charge in [0.25, 0.3) is 0 Å². The molecule has 0 unspecified atom stereocenters. The van der Waals surface area contributed by atoms with E-state index in [1.54, 1.807) is 11.8 Å². The highest BCUT2D eigenvalue weighted by molar-refractivity contribution is 8.00. The molecule has 1 aliphatic rings. The summed E-state index contributed by atoms with van der Waals surface area (Å²) in [6.07, 6.45) is 0. The van der Waals surface area contributed by atoms with Crippen molar-refractivity contribution >= 4 is 17.7 Å². The molecule has 4 heteroatoms. The summed E-state index contributed by atoms with van der Waals surface area (Å²) in [4.78, 5) is 10.5. The van der Waals surface area contributed by atoms with Gasteiger partial charge in [0.15, 0.2) is 0 Å². The molecular weight excluding hydrogens is 124 g/mol. The molecule has 0 aromatic heterocycles. The first-order valence-electron chi connectivity index (χ1n) is 2.43. The van der Waals surface area contributed by atoms with Crippen molar-refractivity contribution in [3.8, 4) is 0 Å². The zero-order valence-electron chi connectivity index (χ0n) is 4.39. The number of nitrogens with one attached hydrogen (secondary N) is 1. The van der Waals surface area contributed by atoms with E-state index >= 15 is 0 Å². The Hall–Kier alpha value is -0.220. The van der Waals surface area contributed by atoms with Crippen LogP contribution in [0.25, 0.3) is 0 Å². The lowest BCUT2D eigenvalue weighted by molar-refractivity contribution is -0.124. The molecule has 1 saturated heterocycles. The molecular formula is C4H8N2OS. The van der Waals surface area contributed by atoms with Gasteiger partial charge in [-0.3, -0.25) is 10.2 Å². The van der Waals surface area contributed by atoms with Crippen LogP contribution in [0.2, 0.25) is 0 Å². The Morgan fingerprint density at radius 1 is 1.75 bits per heavy atom. The fourth-order valence-electron chi connectivity index (χ4n) is 0.505. The number of amides is 1. The van der Waals surface area contributed by atoms with Gasteiger partial charge in [-0.15, -0.1) is 0 Å². The third-order valence-corrected chi connectivity index (χ3v) is 2.43. The second-order valence-electron chi connectivity index (χ2n) is 1.74. The maximum absolute atomic E-state index is 10.5. The molecule has 0 bridgehead atoms. The Kier molecular flexibility index (Phi) is 1.75. The van der Waals surface area contributed by atoms with Crippen molar-refractivity contribution in [3.05, 3.63) is 0 Å². The van der Waals surface area contributed by atoms with Crippen LogP contribution >= 0.6 is 11.8 Å². The Morgan fingerprint density at radius 2 is 2.38 bits per heavy atom. The molecule has 0 saturated carbocycles. The van der Waals surface area contributed by atoms with Crippen LogP contribution in [-0.2, 0) is 4.79 Å². The van der Waals surface area contributed by atoms with Gasteiger partial charge in [-0.2, -0.15) is 11.8 Å². The highest BCUT2D eigenvalue weighted by Crippen LogP contribution is 2.23. The van der Waals surface area contributed by atoms with Crippen LogP contribution in [0, 0.1) is 5.92 Å². The van der Waals surface area contributed by atoms with Gasteiger partial charge in [0, 0.05) is 11.5 Å². The van der Waals surface area contributed by atoms with Gasteiger partial charge in [-0.1, -0.05) is 0 Å². The van der Waals surface area contributed by atoms with E-state index < -0.39 is 0 Å². The lowest BCUT2D eigenvalue weighted by atomic mass is 10.2. The van der Waals surface area contributed by atoms with Crippen LogP contribution in [0.15, 0.2) is 0 Å². The lowest BCUT2D eigenvalue weighted by Gasteiger charge is -2.21. The number of hydrogen-bond acceptors (Lipinski definition) is 3. The van der Waals surface area contributed by atoms with Gasteiger partial charge in [0.05, 0.1) is 5.92 Å². The van der Waals surface area contributed by atoms with Gasteiger partial charge >= 0.3 is 0 Å². The minimum absolute atomic E-state index is 0.0243. The molecule has 46 valence electrons. The number of thioether (sulfide) groups is 1. The second-order valence-corrected chi connectivity index (χ2v) is 2.82. The summed E-state index contributed by atoms with van der Waals surface area (Å²) in [6, 6.07) is 0. The minimum atomic E-state index is -0.0243. The zero-order chi connectivity index (χ0) is 5.98. The van der Waals surface area contributed by atoms with Gasteiger partial charge in [-0.25, -0.2) is 5.84 Å². The number of hydrogen-bond donors (Lipinski definition) is 2. The standard InChI is InChI=1S/C4H8N2OS/c5-6-4(7)3-1-8-2-3/h3H,1-2,5H2,(H,6,7). The fraction of sp³-hybridized carbons (Fsp3) is 0.750. The summed E-state index contributed by atoms with van der Waals surface area (Å²) >= 11 is 1.77. The SMILES string of the molecule is NNC(=O)C1CSC1. The molecule has 0 aromatic rings. The van der Waals surface area contributed by atoms with E-state index in [4.69, 9.17) is 5.84 Å². The van der Waals surface area contributed by atoms with Gasteiger partial charge < -0.3 is 0 Å². The van der Waals surface area contributed by atoms with E-state index in [2.05, 4.69) is 5.43 Å². The highest BCUT2D eigenvalue weighted by Gasteiger charge is 2.24. The van der Waals surface area contributed by atoms with Crippen molar-refractivity contribution < 1.29 is 4.79 Å². The minimum Gasteiger partial charge on any atom is -0.294 e. The number of hydrazine groups is 1. The average molecular weight is 132 g/mol. The van der Waals surface area contributed by atoms with Gasteiger partial charge in [0.2, 0.25) is 5.91 Å². The number of rotatable bonds is 1. The Balaban J connectivity index is 2.24. The highest BCUT2D eigenvalue weighted by atomic mass is 32.2. The summed E-state index contributed by atoms with van der Waals surface area (Å²) in [5.74, 6) is 6.90. The molecule has 0 atom stereocenters. The molecule has 0 aliphatic carbocycles.